The van der Waals surface area contributed by atoms with Crippen LogP contribution in [0.2, 0.25) is 0 Å². The first-order valence-corrected chi connectivity index (χ1v) is 5.75. The van der Waals surface area contributed by atoms with E-state index in [0.29, 0.717) is 12.1 Å². The molecular formula is C10H5Cl3F4O2. The molecule has 0 radical (unpaired) electrons. The van der Waals surface area contributed by atoms with Crippen LogP contribution in [0.5, 0.6) is 0 Å². The van der Waals surface area contributed by atoms with Crippen molar-refractivity contribution in [2.24, 2.45) is 0 Å². The highest BCUT2D eigenvalue weighted by Gasteiger charge is 2.36. The van der Waals surface area contributed by atoms with Gasteiger partial charge >= 0.3 is 12.1 Å². The predicted octanol–water partition coefficient (Wildman–Crippen LogP) is 4.37. The third-order valence-corrected chi connectivity index (χ3v) is 2.20. The molecule has 0 aliphatic heterocycles. The molecule has 0 atom stereocenters. The molecule has 0 unspecified atom stereocenters. The summed E-state index contributed by atoms with van der Waals surface area (Å²) in [6.07, 6.45) is -4.91. The molecule has 2 nitrogen and oxygen atoms in total. The van der Waals surface area contributed by atoms with Crippen molar-refractivity contribution < 1.29 is 27.1 Å². The maximum absolute atomic E-state index is 12.8. The summed E-state index contributed by atoms with van der Waals surface area (Å²) in [6, 6.07) is 1.53. The smallest absolute Gasteiger partial charge is 0.417 e. The van der Waals surface area contributed by atoms with Gasteiger partial charge in [-0.2, -0.15) is 13.2 Å². The lowest BCUT2D eigenvalue weighted by molar-refractivity contribution is -0.138. The predicted molar refractivity (Wildman–Crippen MR) is 62.0 cm³/mol. The normalized spacial score (nSPS) is 12.4. The Bertz CT molecular complexity index is 483. The molecule has 0 amide bonds. The maximum atomic E-state index is 12.8. The Labute approximate surface area is 120 Å². The van der Waals surface area contributed by atoms with Crippen LogP contribution < -0.4 is 0 Å². The summed E-state index contributed by atoms with van der Waals surface area (Å²) >= 11 is 15.9. The number of carbonyl (C=O) groups excluding carboxylic acids is 1. The fourth-order valence-corrected chi connectivity index (χ4v) is 1.32. The first-order valence-electron chi connectivity index (χ1n) is 4.61. The summed E-state index contributed by atoms with van der Waals surface area (Å²) in [5.74, 6) is -2.50. The highest BCUT2D eigenvalue weighted by Crippen LogP contribution is 2.33. The minimum Gasteiger partial charge on any atom is -0.458 e. The van der Waals surface area contributed by atoms with Gasteiger partial charge in [0.2, 0.25) is 3.79 Å². The minimum atomic E-state index is -4.91. The van der Waals surface area contributed by atoms with Crippen molar-refractivity contribution in [2.45, 2.75) is 9.97 Å². The SMILES string of the molecule is O=C(OCC(Cl)(Cl)Cl)c1ccc(F)cc1C(F)(F)F. The monoisotopic (exact) mass is 338 g/mol. The molecule has 0 spiro atoms. The second-order valence-corrected chi connectivity index (χ2v) is 5.90. The summed E-state index contributed by atoms with van der Waals surface area (Å²) in [5.41, 5.74) is -2.31. The van der Waals surface area contributed by atoms with E-state index in [4.69, 9.17) is 34.8 Å². The van der Waals surface area contributed by atoms with E-state index in [1.165, 1.54) is 0 Å². The molecule has 1 aromatic rings. The lowest BCUT2D eigenvalue weighted by Gasteiger charge is -2.14. The maximum Gasteiger partial charge on any atom is 0.417 e. The Morgan fingerprint density at radius 2 is 1.79 bits per heavy atom. The van der Waals surface area contributed by atoms with Gasteiger partial charge in [0, 0.05) is 0 Å². The molecule has 0 bridgehead atoms. The Morgan fingerprint density at radius 3 is 2.26 bits per heavy atom. The lowest BCUT2D eigenvalue weighted by atomic mass is 10.1. The van der Waals surface area contributed by atoms with Crippen molar-refractivity contribution in [3.63, 3.8) is 0 Å². The third kappa shape index (κ3) is 5.04. The molecule has 1 aromatic carbocycles. The van der Waals surface area contributed by atoms with Crippen LogP contribution in [-0.4, -0.2) is 16.4 Å². The van der Waals surface area contributed by atoms with Crippen LogP contribution in [0.25, 0.3) is 0 Å². The van der Waals surface area contributed by atoms with E-state index in [1.54, 1.807) is 0 Å². The van der Waals surface area contributed by atoms with E-state index in [-0.39, 0.29) is 6.07 Å². The number of hydrogen-bond acceptors (Lipinski definition) is 2. The van der Waals surface area contributed by atoms with Crippen molar-refractivity contribution in [1.82, 2.24) is 0 Å². The van der Waals surface area contributed by atoms with Gasteiger partial charge in [0.15, 0.2) is 0 Å². The molecular weight excluding hydrogens is 334 g/mol. The van der Waals surface area contributed by atoms with Crippen LogP contribution in [0.3, 0.4) is 0 Å². The van der Waals surface area contributed by atoms with Crippen LogP contribution in [-0.2, 0) is 10.9 Å². The first-order chi connectivity index (χ1) is 8.50. The average molecular weight is 339 g/mol. The fourth-order valence-electron chi connectivity index (χ4n) is 1.15. The number of esters is 1. The number of alkyl halides is 6. The van der Waals surface area contributed by atoms with Gasteiger partial charge in [0.05, 0.1) is 11.1 Å². The van der Waals surface area contributed by atoms with Crippen LogP contribution >= 0.6 is 34.8 Å². The summed E-state index contributed by atoms with van der Waals surface area (Å²) < 4.78 is 53.1. The summed E-state index contributed by atoms with van der Waals surface area (Å²) in [5, 5.41) is 0. The van der Waals surface area contributed by atoms with Gasteiger partial charge in [-0.3, -0.25) is 0 Å². The van der Waals surface area contributed by atoms with Crippen molar-refractivity contribution in [3.8, 4) is 0 Å². The molecule has 1 rings (SSSR count). The molecule has 9 heteroatoms. The largest absolute Gasteiger partial charge is 0.458 e. The lowest BCUT2D eigenvalue weighted by Crippen LogP contribution is -2.20. The Morgan fingerprint density at radius 1 is 1.21 bits per heavy atom. The third-order valence-electron chi connectivity index (χ3n) is 1.87. The summed E-state index contributed by atoms with van der Waals surface area (Å²) in [6.45, 7) is -0.731. The number of ether oxygens (including phenoxy) is 1. The van der Waals surface area contributed by atoms with E-state index in [2.05, 4.69) is 4.74 Å². The number of carbonyl (C=O) groups is 1. The molecule has 0 aliphatic rings. The molecule has 0 aromatic heterocycles. The van der Waals surface area contributed by atoms with Crippen LogP contribution in [0, 0.1) is 5.82 Å². The van der Waals surface area contributed by atoms with Crippen molar-refractivity contribution in [1.29, 1.82) is 0 Å². The zero-order chi connectivity index (χ0) is 14.8. The molecule has 0 fully saturated rings. The van der Waals surface area contributed by atoms with Gasteiger partial charge in [-0.15, -0.1) is 0 Å². The van der Waals surface area contributed by atoms with Crippen LogP contribution in [0.4, 0.5) is 17.6 Å². The van der Waals surface area contributed by atoms with E-state index >= 15 is 0 Å². The quantitative estimate of drug-likeness (QED) is 0.454. The van der Waals surface area contributed by atoms with Crippen LogP contribution in [0.1, 0.15) is 15.9 Å². The highest BCUT2D eigenvalue weighted by atomic mass is 35.6. The number of rotatable bonds is 2. The zero-order valence-electron chi connectivity index (χ0n) is 8.90. The molecule has 0 N–H and O–H groups in total. The van der Waals surface area contributed by atoms with Crippen LogP contribution in [0.15, 0.2) is 18.2 Å². The topological polar surface area (TPSA) is 26.3 Å². The average Bonchev–Trinajstić information content (AvgIpc) is 2.23. The standard InChI is InChI=1S/C10H5Cl3F4O2/c11-9(12,13)4-19-8(18)6-2-1-5(14)3-7(6)10(15,16)17/h1-3H,4H2. The minimum absolute atomic E-state index is 0.186. The van der Waals surface area contributed by atoms with Gasteiger partial charge < -0.3 is 4.74 Å². The summed E-state index contributed by atoms with van der Waals surface area (Å²) in [7, 11) is 0. The highest BCUT2D eigenvalue weighted by molar-refractivity contribution is 6.67. The second-order valence-electron chi connectivity index (χ2n) is 3.38. The molecule has 19 heavy (non-hydrogen) atoms. The molecule has 0 saturated carbocycles. The molecule has 106 valence electrons. The van der Waals surface area contributed by atoms with Crippen molar-refractivity contribution in [2.75, 3.05) is 6.61 Å². The van der Waals surface area contributed by atoms with Gasteiger partial charge in [0.1, 0.15) is 12.4 Å². The number of benzene rings is 1. The zero-order valence-corrected chi connectivity index (χ0v) is 11.2. The van der Waals surface area contributed by atoms with Gasteiger partial charge in [0.25, 0.3) is 0 Å². The van der Waals surface area contributed by atoms with Crippen molar-refractivity contribution in [3.05, 3.63) is 35.1 Å². The number of halogens is 7. The Balaban J connectivity index is 3.03. The van der Waals surface area contributed by atoms with Crippen molar-refractivity contribution >= 4 is 40.8 Å². The van der Waals surface area contributed by atoms with E-state index in [0.717, 1.165) is 0 Å². The van der Waals surface area contributed by atoms with E-state index in [1.807, 2.05) is 0 Å². The number of hydrogen-bond donors (Lipinski definition) is 0. The fraction of sp³-hybridized carbons (Fsp3) is 0.300. The molecule has 0 heterocycles. The van der Waals surface area contributed by atoms with Gasteiger partial charge in [-0.05, 0) is 18.2 Å². The van der Waals surface area contributed by atoms with Gasteiger partial charge in [-0.25, -0.2) is 9.18 Å². The molecule has 0 saturated heterocycles. The summed E-state index contributed by atoms with van der Waals surface area (Å²) in [4.78, 5) is 11.4. The Kier molecular flexibility index (Phi) is 4.92. The second kappa shape index (κ2) is 5.73. The van der Waals surface area contributed by atoms with Gasteiger partial charge in [-0.1, -0.05) is 34.8 Å². The van der Waals surface area contributed by atoms with E-state index < -0.39 is 39.5 Å². The molecule has 0 aliphatic carbocycles. The first kappa shape index (κ1) is 16.3. The van der Waals surface area contributed by atoms with E-state index in [9.17, 15) is 22.4 Å². The Hall–Kier alpha value is -0.720.